The maximum absolute atomic E-state index is 9.89. The number of hydrogen-bond acceptors (Lipinski definition) is 2. The first-order chi connectivity index (χ1) is 18.2. The van der Waals surface area contributed by atoms with E-state index >= 15 is 0 Å². The summed E-state index contributed by atoms with van der Waals surface area (Å²) < 4.78 is 2.25. The van der Waals surface area contributed by atoms with Crippen LogP contribution in [0.15, 0.2) is 127 Å². The molecule has 0 saturated carbocycles. The van der Waals surface area contributed by atoms with E-state index < -0.39 is 0 Å². The fourth-order valence-corrected chi connectivity index (χ4v) is 4.85. The van der Waals surface area contributed by atoms with Gasteiger partial charge in [0, 0.05) is 48.8 Å². The first-order valence-corrected chi connectivity index (χ1v) is 12.4. The first-order valence-electron chi connectivity index (χ1n) is 12.4. The molecule has 0 fully saturated rings. The van der Waals surface area contributed by atoms with Crippen molar-refractivity contribution in [3.8, 4) is 11.4 Å². The Morgan fingerprint density at radius 3 is 2.05 bits per heavy atom. The molecule has 1 aromatic heterocycles. The highest BCUT2D eigenvalue weighted by molar-refractivity contribution is 6.05. The second kappa shape index (κ2) is 10.8. The lowest BCUT2D eigenvalue weighted by atomic mass is 10.0. The summed E-state index contributed by atoms with van der Waals surface area (Å²) in [6, 6.07) is 43.5. The number of aromatic nitrogens is 1. The van der Waals surface area contributed by atoms with E-state index in [2.05, 4.69) is 126 Å². The highest BCUT2D eigenvalue weighted by atomic mass is 35.5. The molecule has 0 unspecified atom stereocenters. The van der Waals surface area contributed by atoms with E-state index in [-0.39, 0.29) is 18.2 Å². The summed E-state index contributed by atoms with van der Waals surface area (Å²) in [5, 5.41) is 13.5. The van der Waals surface area contributed by atoms with Crippen LogP contribution in [0.2, 0.25) is 0 Å². The molecule has 5 aromatic carbocycles. The van der Waals surface area contributed by atoms with Crippen molar-refractivity contribution in [1.29, 1.82) is 0 Å². The van der Waals surface area contributed by atoms with Gasteiger partial charge in [0.25, 0.3) is 0 Å². The molecular weight excluding hydrogens is 488 g/mol. The summed E-state index contributed by atoms with van der Waals surface area (Å²) in [5.74, 6) is 0.257. The Balaban J connectivity index is 0.00000294. The van der Waals surface area contributed by atoms with Crippen LogP contribution >= 0.6 is 0 Å². The van der Waals surface area contributed by atoms with E-state index in [1.54, 1.807) is 12.1 Å². The van der Waals surface area contributed by atoms with Crippen molar-refractivity contribution in [2.45, 2.75) is 0 Å². The number of aromatic hydroxyl groups is 1. The first kappa shape index (κ1) is 25.1. The van der Waals surface area contributed by atoms with Crippen molar-refractivity contribution in [3.63, 3.8) is 0 Å². The number of para-hydroxylation sites is 1. The predicted octanol–water partition coefficient (Wildman–Crippen LogP) is 4.92. The van der Waals surface area contributed by atoms with Crippen LogP contribution in [0.3, 0.4) is 0 Å². The fraction of sp³-hybridized carbons (Fsp3) is 0.0294. The molecule has 1 heterocycles. The number of benzene rings is 5. The smallest absolute Gasteiger partial charge is 0.219 e. The third-order valence-electron chi connectivity index (χ3n) is 6.85. The van der Waals surface area contributed by atoms with Crippen LogP contribution in [0, 0.1) is 0 Å². The van der Waals surface area contributed by atoms with Gasteiger partial charge in [0.15, 0.2) is 0 Å². The minimum Gasteiger partial charge on any atom is -1.00 e. The number of pyridine rings is 1. The zero-order chi connectivity index (χ0) is 25.2. The number of hydrogen-bond donors (Lipinski definition) is 1. The summed E-state index contributed by atoms with van der Waals surface area (Å²) >= 11 is 0. The Bertz CT molecular complexity index is 1730. The highest BCUT2D eigenvalue weighted by Crippen LogP contribution is 2.26. The molecule has 3 nitrogen and oxygen atoms in total. The highest BCUT2D eigenvalue weighted by Gasteiger charge is 2.18. The van der Waals surface area contributed by atoms with Gasteiger partial charge in [-0.05, 0) is 70.9 Å². The van der Waals surface area contributed by atoms with Crippen LogP contribution in [0.4, 0.5) is 11.4 Å². The Kier molecular flexibility index (Phi) is 7.12. The average molecular weight is 515 g/mol. The van der Waals surface area contributed by atoms with E-state index in [4.69, 9.17) is 0 Å². The fourth-order valence-electron chi connectivity index (χ4n) is 4.85. The third-order valence-corrected chi connectivity index (χ3v) is 6.85. The van der Waals surface area contributed by atoms with E-state index in [0.29, 0.717) is 0 Å². The van der Waals surface area contributed by atoms with Crippen molar-refractivity contribution >= 4 is 45.2 Å². The minimum absolute atomic E-state index is 0. The lowest BCUT2D eigenvalue weighted by Gasteiger charge is -2.19. The molecule has 6 rings (SSSR count). The van der Waals surface area contributed by atoms with Crippen LogP contribution in [-0.2, 0) is 0 Å². The minimum atomic E-state index is 0. The van der Waals surface area contributed by atoms with Crippen molar-refractivity contribution < 1.29 is 22.1 Å². The molecule has 1 N–H and O–H groups in total. The van der Waals surface area contributed by atoms with Gasteiger partial charge in [-0.25, -0.2) is 0 Å². The molecule has 0 atom stereocenters. The van der Waals surface area contributed by atoms with Crippen molar-refractivity contribution in [3.05, 3.63) is 139 Å². The van der Waals surface area contributed by atoms with E-state index in [0.717, 1.165) is 33.8 Å². The van der Waals surface area contributed by atoms with Gasteiger partial charge in [-0.2, -0.15) is 4.57 Å². The summed E-state index contributed by atoms with van der Waals surface area (Å²) in [6.45, 7) is 0. The van der Waals surface area contributed by atoms with Crippen LogP contribution in [0.1, 0.15) is 11.3 Å². The number of phenols is 1. The largest absolute Gasteiger partial charge is 1.00 e. The number of rotatable bonds is 5. The van der Waals surface area contributed by atoms with Crippen LogP contribution in [0.25, 0.3) is 39.5 Å². The molecule has 0 aliphatic rings. The molecule has 186 valence electrons. The molecular formula is C34H27ClN2O. The third kappa shape index (κ3) is 4.84. The Hall–Kier alpha value is -4.60. The van der Waals surface area contributed by atoms with E-state index in [1.165, 1.54) is 16.2 Å². The van der Waals surface area contributed by atoms with Gasteiger partial charge in [-0.1, -0.05) is 54.6 Å². The number of nitrogens with zero attached hydrogens (tertiary/aromatic N) is 2. The molecule has 0 radical (unpaired) electrons. The Labute approximate surface area is 229 Å². The molecule has 38 heavy (non-hydrogen) atoms. The second-order valence-corrected chi connectivity index (χ2v) is 9.15. The number of halogens is 1. The zero-order valence-electron chi connectivity index (χ0n) is 21.0. The number of phenolic OH excluding ortho intramolecular Hbond substituents is 1. The number of fused-ring (bicyclic) bond motifs is 3. The Morgan fingerprint density at radius 1 is 0.605 bits per heavy atom. The number of anilines is 2. The Morgan fingerprint density at radius 2 is 1.29 bits per heavy atom. The van der Waals surface area contributed by atoms with Crippen LogP contribution < -0.4 is 21.9 Å². The topological polar surface area (TPSA) is 27.4 Å². The second-order valence-electron chi connectivity index (χ2n) is 9.15. The summed E-state index contributed by atoms with van der Waals surface area (Å²) in [7, 11) is 2.08. The standard InChI is InChI=1S/C34H26N2O.ClH/c1-35(27-8-3-2-4-9-27)28-15-11-25(12-16-28)13-17-29-20-23-33-32-10-6-5-7-26(32)14-24-34(33)36(29)30-18-21-31(37)22-19-30;/h2-24H,1H3;1H. The van der Waals surface area contributed by atoms with Gasteiger partial charge >= 0.3 is 0 Å². The van der Waals surface area contributed by atoms with Crippen molar-refractivity contribution in [2.24, 2.45) is 0 Å². The van der Waals surface area contributed by atoms with Crippen molar-refractivity contribution in [1.82, 2.24) is 0 Å². The molecule has 4 heteroatoms. The SMILES string of the molecule is CN(c1ccccc1)c1ccc(C=Cc2ccc3c4ccccc4ccc3[n+]2-c2ccc(O)cc2)cc1.[Cl-]. The molecule has 6 aromatic rings. The van der Waals surface area contributed by atoms with Gasteiger partial charge in [0.1, 0.15) is 5.75 Å². The quantitative estimate of drug-likeness (QED) is 0.261. The molecule has 0 amide bonds. The zero-order valence-corrected chi connectivity index (χ0v) is 21.8. The van der Waals surface area contributed by atoms with Gasteiger partial charge in [-0.15, -0.1) is 0 Å². The lowest BCUT2D eigenvalue weighted by Crippen LogP contribution is -3.00. The van der Waals surface area contributed by atoms with E-state index in [1.807, 2.05) is 18.2 Å². The summed E-state index contributed by atoms with van der Waals surface area (Å²) in [5.41, 5.74) is 6.59. The maximum Gasteiger partial charge on any atom is 0.219 e. The van der Waals surface area contributed by atoms with Gasteiger partial charge in [0.2, 0.25) is 16.9 Å². The van der Waals surface area contributed by atoms with Gasteiger partial charge in [-0.3, -0.25) is 0 Å². The van der Waals surface area contributed by atoms with Gasteiger partial charge in [0.05, 0.1) is 5.39 Å². The van der Waals surface area contributed by atoms with Crippen LogP contribution in [-0.4, -0.2) is 12.2 Å². The molecule has 0 spiro atoms. The van der Waals surface area contributed by atoms with Gasteiger partial charge < -0.3 is 22.4 Å². The lowest BCUT2D eigenvalue weighted by molar-refractivity contribution is -0.569. The summed E-state index contributed by atoms with van der Waals surface area (Å²) in [4.78, 5) is 2.18. The average Bonchev–Trinajstić information content (AvgIpc) is 2.96. The monoisotopic (exact) mass is 514 g/mol. The van der Waals surface area contributed by atoms with Crippen LogP contribution in [0.5, 0.6) is 5.75 Å². The summed E-state index contributed by atoms with van der Waals surface area (Å²) in [6.07, 6.45) is 4.29. The molecule has 0 aliphatic carbocycles. The molecule has 0 saturated heterocycles. The molecule has 0 bridgehead atoms. The maximum atomic E-state index is 9.89. The van der Waals surface area contributed by atoms with E-state index in [9.17, 15) is 5.11 Å². The predicted molar refractivity (Wildman–Crippen MR) is 155 cm³/mol. The van der Waals surface area contributed by atoms with Crippen molar-refractivity contribution in [2.75, 3.05) is 11.9 Å². The molecule has 0 aliphatic heterocycles. The normalized spacial score (nSPS) is 11.1.